The number of carbonyl (C=O) groups is 2. The first-order valence-electron chi connectivity index (χ1n) is 6.40. The van der Waals surface area contributed by atoms with Gasteiger partial charge in [0.1, 0.15) is 6.04 Å². The minimum atomic E-state index is -1.12. The number of hydrogen-bond donors (Lipinski definition) is 1. The van der Waals surface area contributed by atoms with Gasteiger partial charge in [0, 0.05) is 12.1 Å². The van der Waals surface area contributed by atoms with Crippen LogP contribution in [0.15, 0.2) is 18.2 Å². The van der Waals surface area contributed by atoms with Crippen LogP contribution in [0.2, 0.25) is 0 Å². The average Bonchev–Trinajstić information content (AvgIpc) is 2.40. The normalized spacial score (nSPS) is 22.6. The zero-order valence-corrected chi connectivity index (χ0v) is 11.0. The molecule has 1 heterocycles. The molecular formula is C14H15F2NO3. The van der Waals surface area contributed by atoms with E-state index in [4.69, 9.17) is 0 Å². The third-order valence-electron chi connectivity index (χ3n) is 3.61. The molecule has 0 aliphatic carbocycles. The van der Waals surface area contributed by atoms with E-state index in [-0.39, 0.29) is 11.5 Å². The number of carboxylic acid groups (broad SMARTS) is 1. The van der Waals surface area contributed by atoms with Gasteiger partial charge in [-0.1, -0.05) is 6.92 Å². The number of aliphatic carboxylic acids is 1. The highest BCUT2D eigenvalue weighted by Gasteiger charge is 2.37. The van der Waals surface area contributed by atoms with E-state index in [0.29, 0.717) is 13.0 Å². The molecule has 1 fully saturated rings. The van der Waals surface area contributed by atoms with Crippen molar-refractivity contribution in [2.24, 2.45) is 5.92 Å². The van der Waals surface area contributed by atoms with Gasteiger partial charge in [-0.2, -0.15) is 0 Å². The number of piperidine rings is 1. The van der Waals surface area contributed by atoms with Crippen molar-refractivity contribution in [1.82, 2.24) is 4.90 Å². The van der Waals surface area contributed by atoms with E-state index in [0.717, 1.165) is 18.6 Å². The number of carboxylic acids is 1. The summed E-state index contributed by atoms with van der Waals surface area (Å²) in [6, 6.07) is 1.91. The number of nitrogens with zero attached hydrogens (tertiary/aromatic N) is 1. The Labute approximate surface area is 115 Å². The van der Waals surface area contributed by atoms with E-state index >= 15 is 0 Å². The summed E-state index contributed by atoms with van der Waals surface area (Å²) in [5.41, 5.74) is -0.0377. The molecule has 4 nitrogen and oxygen atoms in total. The maximum Gasteiger partial charge on any atom is 0.326 e. The molecule has 108 valence electrons. The molecule has 2 rings (SSSR count). The molecule has 0 saturated carbocycles. The lowest BCUT2D eigenvalue weighted by Gasteiger charge is -2.37. The van der Waals surface area contributed by atoms with Crippen LogP contribution in [0.25, 0.3) is 0 Å². The van der Waals surface area contributed by atoms with Crippen LogP contribution >= 0.6 is 0 Å². The Morgan fingerprint density at radius 2 is 2.00 bits per heavy atom. The number of halogens is 2. The van der Waals surface area contributed by atoms with Crippen molar-refractivity contribution in [3.05, 3.63) is 35.4 Å². The molecule has 1 N–H and O–H groups in total. The Kier molecular flexibility index (Phi) is 4.01. The molecule has 20 heavy (non-hydrogen) atoms. The van der Waals surface area contributed by atoms with Crippen LogP contribution in [0.3, 0.4) is 0 Å². The molecular weight excluding hydrogens is 268 g/mol. The van der Waals surface area contributed by atoms with Crippen LogP contribution in [0.5, 0.6) is 0 Å². The maximum absolute atomic E-state index is 13.2. The van der Waals surface area contributed by atoms with Crippen LogP contribution in [0.4, 0.5) is 8.78 Å². The minimum Gasteiger partial charge on any atom is -0.480 e. The van der Waals surface area contributed by atoms with Gasteiger partial charge >= 0.3 is 5.97 Å². The smallest absolute Gasteiger partial charge is 0.326 e. The maximum atomic E-state index is 13.2. The molecule has 2 atom stereocenters. The summed E-state index contributed by atoms with van der Waals surface area (Å²) in [6.07, 6.45) is 1.42. The van der Waals surface area contributed by atoms with E-state index in [1.807, 2.05) is 0 Å². The Hall–Kier alpha value is -1.98. The fourth-order valence-corrected chi connectivity index (χ4v) is 2.59. The van der Waals surface area contributed by atoms with E-state index in [9.17, 15) is 23.5 Å². The summed E-state index contributed by atoms with van der Waals surface area (Å²) in [6.45, 7) is 2.07. The Morgan fingerprint density at radius 1 is 1.30 bits per heavy atom. The number of hydrogen-bond acceptors (Lipinski definition) is 2. The standard InChI is InChI=1S/C14H15F2NO3/c1-8-3-2-6-17(12(8)14(19)20)13(18)9-4-5-10(15)11(16)7-9/h4-5,7-8,12H,2-3,6H2,1H3,(H,19,20). The van der Waals surface area contributed by atoms with Crippen molar-refractivity contribution in [2.45, 2.75) is 25.8 Å². The lowest BCUT2D eigenvalue weighted by atomic mass is 9.90. The topological polar surface area (TPSA) is 57.6 Å². The largest absolute Gasteiger partial charge is 0.480 e. The molecule has 2 unspecified atom stereocenters. The molecule has 1 aromatic rings. The van der Waals surface area contributed by atoms with Crippen molar-refractivity contribution >= 4 is 11.9 Å². The first-order valence-corrected chi connectivity index (χ1v) is 6.40. The van der Waals surface area contributed by atoms with E-state index in [1.54, 1.807) is 6.92 Å². The second-order valence-corrected chi connectivity index (χ2v) is 5.03. The minimum absolute atomic E-state index is 0.0377. The molecule has 1 aromatic carbocycles. The first kappa shape index (κ1) is 14.4. The van der Waals surface area contributed by atoms with Crippen LogP contribution in [-0.2, 0) is 4.79 Å². The summed E-state index contributed by atoms with van der Waals surface area (Å²) >= 11 is 0. The summed E-state index contributed by atoms with van der Waals surface area (Å²) in [5, 5.41) is 9.25. The summed E-state index contributed by atoms with van der Waals surface area (Å²) < 4.78 is 26.1. The highest BCUT2D eigenvalue weighted by atomic mass is 19.2. The van der Waals surface area contributed by atoms with E-state index in [2.05, 4.69) is 0 Å². The Morgan fingerprint density at radius 3 is 2.60 bits per heavy atom. The van der Waals surface area contributed by atoms with Gasteiger partial charge in [0.05, 0.1) is 0 Å². The van der Waals surface area contributed by atoms with Gasteiger partial charge in [-0.15, -0.1) is 0 Å². The quantitative estimate of drug-likeness (QED) is 0.906. The van der Waals surface area contributed by atoms with Crippen molar-refractivity contribution in [1.29, 1.82) is 0 Å². The van der Waals surface area contributed by atoms with Crippen LogP contribution in [0.1, 0.15) is 30.1 Å². The zero-order chi connectivity index (χ0) is 14.9. The van der Waals surface area contributed by atoms with Crippen LogP contribution in [0, 0.1) is 17.6 Å². The number of amides is 1. The number of benzene rings is 1. The molecule has 0 spiro atoms. The molecule has 0 radical (unpaired) electrons. The molecule has 6 heteroatoms. The SMILES string of the molecule is CC1CCCN(C(=O)c2ccc(F)c(F)c2)C1C(=O)O. The Balaban J connectivity index is 2.30. The lowest BCUT2D eigenvalue weighted by molar-refractivity contribution is -0.145. The predicted molar refractivity (Wildman–Crippen MR) is 67.2 cm³/mol. The van der Waals surface area contributed by atoms with E-state index in [1.165, 1.54) is 11.0 Å². The summed E-state index contributed by atoms with van der Waals surface area (Å²) in [5.74, 6) is -3.98. The second kappa shape index (κ2) is 5.56. The van der Waals surface area contributed by atoms with E-state index < -0.39 is 29.6 Å². The highest BCUT2D eigenvalue weighted by Crippen LogP contribution is 2.25. The third-order valence-corrected chi connectivity index (χ3v) is 3.61. The Bertz CT molecular complexity index is 547. The van der Waals surface area contributed by atoms with Gasteiger partial charge < -0.3 is 10.0 Å². The molecule has 0 aromatic heterocycles. The van der Waals surface area contributed by atoms with Gasteiger partial charge in [0.25, 0.3) is 5.91 Å². The van der Waals surface area contributed by atoms with Crippen LogP contribution < -0.4 is 0 Å². The number of rotatable bonds is 2. The molecule has 1 saturated heterocycles. The summed E-state index contributed by atoms with van der Waals surface area (Å²) in [4.78, 5) is 24.8. The molecule has 1 aliphatic rings. The molecule has 1 amide bonds. The van der Waals surface area contributed by atoms with Gasteiger partial charge in [0.2, 0.25) is 0 Å². The molecule has 0 bridgehead atoms. The second-order valence-electron chi connectivity index (χ2n) is 5.03. The van der Waals surface area contributed by atoms with Crippen molar-refractivity contribution < 1.29 is 23.5 Å². The van der Waals surface area contributed by atoms with Gasteiger partial charge in [-0.25, -0.2) is 13.6 Å². The highest BCUT2D eigenvalue weighted by molar-refractivity contribution is 5.96. The lowest BCUT2D eigenvalue weighted by Crippen LogP contribution is -2.51. The van der Waals surface area contributed by atoms with Crippen LogP contribution in [-0.4, -0.2) is 34.5 Å². The third kappa shape index (κ3) is 2.64. The number of carbonyl (C=O) groups excluding carboxylic acids is 1. The average molecular weight is 283 g/mol. The summed E-state index contributed by atoms with van der Waals surface area (Å²) in [7, 11) is 0. The molecule has 1 aliphatic heterocycles. The predicted octanol–water partition coefficient (Wildman–Crippen LogP) is 2.29. The fraction of sp³-hybridized carbons (Fsp3) is 0.429. The number of likely N-dealkylation sites (tertiary alicyclic amines) is 1. The first-order chi connectivity index (χ1) is 9.41. The van der Waals surface area contributed by atoms with Gasteiger partial charge in [-0.3, -0.25) is 4.79 Å². The fourth-order valence-electron chi connectivity index (χ4n) is 2.59. The van der Waals surface area contributed by atoms with Gasteiger partial charge in [0.15, 0.2) is 11.6 Å². The van der Waals surface area contributed by atoms with Crippen molar-refractivity contribution in [3.8, 4) is 0 Å². The monoisotopic (exact) mass is 283 g/mol. The van der Waals surface area contributed by atoms with Crippen molar-refractivity contribution in [2.75, 3.05) is 6.54 Å². The van der Waals surface area contributed by atoms with Gasteiger partial charge in [-0.05, 0) is 37.0 Å². The van der Waals surface area contributed by atoms with Crippen molar-refractivity contribution in [3.63, 3.8) is 0 Å². The zero-order valence-electron chi connectivity index (χ0n) is 11.0.